The summed E-state index contributed by atoms with van der Waals surface area (Å²) in [6, 6.07) is 4.21. The van der Waals surface area contributed by atoms with Gasteiger partial charge in [0.1, 0.15) is 0 Å². The first-order chi connectivity index (χ1) is 11.7. The van der Waals surface area contributed by atoms with Crippen LogP contribution >= 0.6 is 0 Å². The van der Waals surface area contributed by atoms with Crippen molar-refractivity contribution in [3.63, 3.8) is 0 Å². The molecule has 0 aliphatic heterocycles. The number of anilines is 1. The van der Waals surface area contributed by atoms with Crippen molar-refractivity contribution in [3.05, 3.63) is 41.2 Å². The molecule has 0 atom stereocenters. The van der Waals surface area contributed by atoms with E-state index in [1.54, 1.807) is 4.68 Å². The largest absolute Gasteiger partial charge is 0.478 e. The summed E-state index contributed by atoms with van der Waals surface area (Å²) >= 11 is 0. The molecule has 25 heavy (non-hydrogen) atoms. The van der Waals surface area contributed by atoms with Crippen molar-refractivity contribution in [3.8, 4) is 0 Å². The number of carboxylic acids is 1. The van der Waals surface area contributed by atoms with E-state index in [1.165, 1.54) is 31.3 Å². The molecule has 0 bridgehead atoms. The van der Waals surface area contributed by atoms with Crippen LogP contribution in [0.2, 0.25) is 0 Å². The molecule has 0 saturated carbocycles. The number of hydrogen-bond donors (Lipinski definition) is 2. The lowest BCUT2D eigenvalue weighted by Crippen LogP contribution is -2.17. The fourth-order valence-electron chi connectivity index (χ4n) is 2.71. The molecule has 0 amide bonds. The zero-order chi connectivity index (χ0) is 18.8. The summed E-state index contributed by atoms with van der Waals surface area (Å²) in [5, 5.41) is 13.5. The molecule has 2 rings (SSSR count). The number of carboxylic acid groups (broad SMARTS) is 1. The number of nitrogens with one attached hydrogen (secondary N) is 1. The predicted molar refractivity (Wildman–Crippen MR) is 95.4 cm³/mol. The monoisotopic (exact) mass is 365 g/mol. The van der Waals surface area contributed by atoms with Crippen molar-refractivity contribution in [1.29, 1.82) is 0 Å². The minimum atomic E-state index is -3.91. The maximum Gasteiger partial charge on any atom is 0.335 e. The van der Waals surface area contributed by atoms with Crippen LogP contribution in [-0.2, 0) is 23.0 Å². The Morgan fingerprint density at radius 2 is 2.04 bits per heavy atom. The average Bonchev–Trinajstić information content (AvgIpc) is 2.87. The van der Waals surface area contributed by atoms with Crippen molar-refractivity contribution >= 4 is 21.7 Å². The Morgan fingerprint density at radius 1 is 1.36 bits per heavy atom. The van der Waals surface area contributed by atoms with E-state index in [2.05, 4.69) is 23.7 Å². The summed E-state index contributed by atoms with van der Waals surface area (Å²) in [7, 11) is -3.91. The zero-order valence-electron chi connectivity index (χ0n) is 14.8. The van der Waals surface area contributed by atoms with Crippen molar-refractivity contribution in [2.45, 2.75) is 45.6 Å². The topological polar surface area (TPSA) is 101 Å². The molecule has 2 N–H and O–H groups in total. The van der Waals surface area contributed by atoms with E-state index in [0.29, 0.717) is 24.6 Å². The molecule has 0 aliphatic rings. The summed E-state index contributed by atoms with van der Waals surface area (Å²) in [4.78, 5) is 11.2. The quantitative estimate of drug-likeness (QED) is 0.785. The Bertz CT molecular complexity index is 885. The van der Waals surface area contributed by atoms with Crippen molar-refractivity contribution in [1.82, 2.24) is 9.78 Å². The standard InChI is InChI=1S/C17H23N3O4S/c1-5-15-14(9-18-20(15)10-11(2)3)19-25(23,24)16-8-6-7-13(12(16)4)17(21)22/h6-9,11,19H,5,10H2,1-4H3,(H,21,22). The van der Waals surface area contributed by atoms with Gasteiger partial charge in [0, 0.05) is 6.54 Å². The third-order valence-electron chi connectivity index (χ3n) is 3.87. The van der Waals surface area contributed by atoms with Crippen LogP contribution in [-0.4, -0.2) is 29.3 Å². The second-order valence-corrected chi connectivity index (χ2v) is 7.92. The van der Waals surface area contributed by atoms with Gasteiger partial charge >= 0.3 is 5.97 Å². The highest BCUT2D eigenvalue weighted by Crippen LogP contribution is 2.24. The van der Waals surface area contributed by atoms with E-state index in [0.717, 1.165) is 5.69 Å². The Kier molecular flexibility index (Phi) is 5.52. The van der Waals surface area contributed by atoms with Crippen LogP contribution in [0.15, 0.2) is 29.3 Å². The lowest BCUT2D eigenvalue weighted by atomic mass is 10.1. The maximum atomic E-state index is 12.8. The van der Waals surface area contributed by atoms with Gasteiger partial charge in [0.25, 0.3) is 10.0 Å². The molecule has 1 aromatic carbocycles. The van der Waals surface area contributed by atoms with Crippen LogP contribution in [0.4, 0.5) is 5.69 Å². The fraction of sp³-hybridized carbons (Fsp3) is 0.412. The molecule has 0 unspecified atom stereocenters. The summed E-state index contributed by atoms with van der Waals surface area (Å²) < 4.78 is 29.9. The first-order valence-corrected chi connectivity index (χ1v) is 9.56. The SMILES string of the molecule is CCc1c(NS(=O)(=O)c2cccc(C(=O)O)c2C)cnn1CC(C)C. The van der Waals surface area contributed by atoms with Crippen LogP contribution in [0.5, 0.6) is 0 Å². The number of sulfonamides is 1. The number of carbonyl (C=O) groups is 1. The first kappa shape index (κ1) is 19.0. The molecule has 7 nitrogen and oxygen atoms in total. The third kappa shape index (κ3) is 4.01. The number of hydrogen-bond acceptors (Lipinski definition) is 4. The van der Waals surface area contributed by atoms with Gasteiger partial charge in [-0.05, 0) is 37.0 Å². The van der Waals surface area contributed by atoms with Gasteiger partial charge in [0.2, 0.25) is 0 Å². The van der Waals surface area contributed by atoms with E-state index in [4.69, 9.17) is 0 Å². The number of aromatic carboxylic acids is 1. The highest BCUT2D eigenvalue weighted by molar-refractivity contribution is 7.92. The minimum absolute atomic E-state index is 0.0332. The second kappa shape index (κ2) is 7.26. The average molecular weight is 365 g/mol. The van der Waals surface area contributed by atoms with Gasteiger partial charge in [-0.25, -0.2) is 13.2 Å². The molecule has 2 aromatic rings. The molecule has 8 heteroatoms. The normalized spacial score (nSPS) is 11.7. The minimum Gasteiger partial charge on any atom is -0.478 e. The molecule has 1 aromatic heterocycles. The smallest absolute Gasteiger partial charge is 0.335 e. The molecule has 0 spiro atoms. The lowest BCUT2D eigenvalue weighted by molar-refractivity contribution is 0.0696. The van der Waals surface area contributed by atoms with E-state index in [-0.39, 0.29) is 16.0 Å². The molecule has 0 fully saturated rings. The van der Waals surface area contributed by atoms with Gasteiger partial charge in [0.15, 0.2) is 0 Å². The summed E-state index contributed by atoms with van der Waals surface area (Å²) in [5.74, 6) is -0.780. The Hall–Kier alpha value is -2.35. The molecule has 136 valence electrons. The predicted octanol–water partition coefficient (Wildman–Crippen LogP) is 2.91. The maximum absolute atomic E-state index is 12.8. The van der Waals surface area contributed by atoms with Crippen molar-refractivity contribution in [2.24, 2.45) is 5.92 Å². The summed E-state index contributed by atoms with van der Waals surface area (Å²) in [5.41, 5.74) is 1.39. The molecule has 0 saturated heterocycles. The lowest BCUT2D eigenvalue weighted by Gasteiger charge is -2.13. The van der Waals surface area contributed by atoms with Gasteiger partial charge in [-0.1, -0.05) is 26.8 Å². The summed E-state index contributed by atoms with van der Waals surface area (Å²) in [6.07, 6.45) is 2.12. The van der Waals surface area contributed by atoms with Gasteiger partial charge in [-0.15, -0.1) is 0 Å². The number of aromatic nitrogens is 2. The molecule has 0 radical (unpaired) electrons. The van der Waals surface area contributed by atoms with E-state index in [9.17, 15) is 18.3 Å². The first-order valence-electron chi connectivity index (χ1n) is 8.07. The fourth-order valence-corrected chi connectivity index (χ4v) is 4.05. The second-order valence-electron chi connectivity index (χ2n) is 6.27. The van der Waals surface area contributed by atoms with Crippen LogP contribution < -0.4 is 4.72 Å². The Labute approximate surface area is 147 Å². The van der Waals surface area contributed by atoms with Crippen molar-refractivity contribution < 1.29 is 18.3 Å². The molecular weight excluding hydrogens is 342 g/mol. The Balaban J connectivity index is 2.42. The van der Waals surface area contributed by atoms with E-state index < -0.39 is 16.0 Å². The van der Waals surface area contributed by atoms with Gasteiger partial charge in [-0.3, -0.25) is 9.40 Å². The van der Waals surface area contributed by atoms with Crippen LogP contribution in [0.1, 0.15) is 42.4 Å². The molecule has 1 heterocycles. The van der Waals surface area contributed by atoms with E-state index >= 15 is 0 Å². The van der Waals surface area contributed by atoms with Crippen LogP contribution in [0, 0.1) is 12.8 Å². The highest BCUT2D eigenvalue weighted by Gasteiger charge is 2.23. The zero-order valence-corrected chi connectivity index (χ0v) is 15.6. The Morgan fingerprint density at radius 3 is 2.60 bits per heavy atom. The number of rotatable bonds is 7. The van der Waals surface area contributed by atoms with Crippen LogP contribution in [0.3, 0.4) is 0 Å². The van der Waals surface area contributed by atoms with E-state index in [1.807, 2.05) is 6.92 Å². The van der Waals surface area contributed by atoms with Gasteiger partial charge < -0.3 is 5.11 Å². The summed E-state index contributed by atoms with van der Waals surface area (Å²) in [6.45, 7) is 8.23. The number of nitrogens with zero attached hydrogens (tertiary/aromatic N) is 2. The highest BCUT2D eigenvalue weighted by atomic mass is 32.2. The van der Waals surface area contributed by atoms with Gasteiger partial charge in [-0.2, -0.15) is 5.10 Å². The molecular formula is C17H23N3O4S. The molecule has 0 aliphatic carbocycles. The van der Waals surface area contributed by atoms with Crippen LogP contribution in [0.25, 0.3) is 0 Å². The third-order valence-corrected chi connectivity index (χ3v) is 5.38. The van der Waals surface area contributed by atoms with Crippen molar-refractivity contribution in [2.75, 3.05) is 4.72 Å². The number of benzene rings is 1. The van der Waals surface area contributed by atoms with Gasteiger partial charge in [0.05, 0.1) is 28.0 Å².